The van der Waals surface area contributed by atoms with Gasteiger partial charge in [0.25, 0.3) is 0 Å². The first-order chi connectivity index (χ1) is 8.67. The first kappa shape index (κ1) is 21.4. The maximum absolute atomic E-state index is 9.75. The zero-order valence-electron chi connectivity index (χ0n) is 10.1. The van der Waals surface area contributed by atoms with Crippen LogP contribution in [-0.4, -0.2) is 39.2 Å². The molecule has 8 nitrogen and oxygen atoms in total. The van der Waals surface area contributed by atoms with Crippen molar-refractivity contribution in [3.05, 3.63) is 37.6 Å². The van der Waals surface area contributed by atoms with Crippen molar-refractivity contribution in [2.24, 2.45) is 0 Å². The number of aliphatic carboxylic acids is 3. The summed E-state index contributed by atoms with van der Waals surface area (Å²) in [6, 6.07) is 0. The highest BCUT2D eigenvalue weighted by Crippen LogP contribution is 1.71. The maximum Gasteiger partial charge on any atom is 0.328 e. The minimum absolute atomic E-state index is 0.329. The van der Waals surface area contributed by atoms with Gasteiger partial charge in [-0.25, -0.2) is 14.4 Å². The summed E-state index contributed by atoms with van der Waals surface area (Å²) in [6.45, 7) is 7.44. The molecule has 19 heavy (non-hydrogen) atoms. The summed E-state index contributed by atoms with van der Waals surface area (Å²) < 4.78 is 4.17. The van der Waals surface area contributed by atoms with E-state index in [1.165, 1.54) is 6.92 Å². The van der Waals surface area contributed by atoms with Crippen molar-refractivity contribution in [1.82, 2.24) is 0 Å². The molecule has 0 spiro atoms. The monoisotopic (exact) mass is 274 g/mol. The molecule has 3 N–H and O–H groups in total. The number of esters is 1. The second-order valence-corrected chi connectivity index (χ2v) is 2.33. The minimum atomic E-state index is -1.26. The normalized spacial score (nSPS) is 7.84. The first-order valence-corrected chi connectivity index (χ1v) is 4.44. The molecule has 0 aromatic heterocycles. The number of ether oxygens (including phenoxy) is 1. The summed E-state index contributed by atoms with van der Waals surface area (Å²) in [5, 5.41) is 23.2. The van der Waals surface area contributed by atoms with E-state index >= 15 is 0 Å². The predicted molar refractivity (Wildman–Crippen MR) is 64.2 cm³/mol. The molecular formula is C11H14O8. The number of carboxylic acid groups (broad SMARTS) is 3. The van der Waals surface area contributed by atoms with E-state index in [0.29, 0.717) is 12.2 Å². The fraction of sp³-hybridized carbons (Fsp3) is 0.0909. The second kappa shape index (κ2) is 15.1. The molecule has 0 amide bonds. The summed E-state index contributed by atoms with van der Waals surface area (Å²) in [6.07, 6.45) is 3.05. The average Bonchev–Trinajstić information content (AvgIpc) is 2.27. The Bertz CT molecular complexity index is 351. The van der Waals surface area contributed by atoms with E-state index in [-0.39, 0.29) is 5.97 Å². The number of carbonyl (C=O) groups is 4. The van der Waals surface area contributed by atoms with E-state index in [2.05, 4.69) is 17.9 Å². The molecule has 0 atom stereocenters. The third-order valence-electron chi connectivity index (χ3n) is 0.792. The van der Waals surface area contributed by atoms with Crippen molar-refractivity contribution in [3.63, 3.8) is 0 Å². The zero-order valence-corrected chi connectivity index (χ0v) is 10.1. The van der Waals surface area contributed by atoms with Crippen LogP contribution in [-0.2, 0) is 23.9 Å². The van der Waals surface area contributed by atoms with E-state index in [0.717, 1.165) is 12.3 Å². The standard InChI is InChI=1S/C4H4O4.C4H6O2.C3H4O2/c5-3(6)1-2-4(7)8;1-3-6-4(2)5;1-2-3(4)5/h1-2H,(H,5,6)(H,7,8);3H,1H2,2H3;2H,1H2,(H,4,5). The highest BCUT2D eigenvalue weighted by Gasteiger charge is 1.88. The molecule has 0 aromatic rings. The predicted octanol–water partition coefficient (Wildman–Crippen LogP) is 0.662. The molecule has 0 aliphatic rings. The Balaban J connectivity index is -0.000000209. The summed E-state index contributed by atoms with van der Waals surface area (Å²) in [5.74, 6) is -3.82. The van der Waals surface area contributed by atoms with Crippen LogP contribution in [0.3, 0.4) is 0 Å². The summed E-state index contributed by atoms with van der Waals surface area (Å²) in [7, 11) is 0. The third kappa shape index (κ3) is 51.4. The van der Waals surface area contributed by atoms with Crippen LogP contribution in [0.4, 0.5) is 0 Å². The van der Waals surface area contributed by atoms with Gasteiger partial charge in [0, 0.05) is 25.2 Å². The Morgan fingerprint density at radius 2 is 1.21 bits per heavy atom. The van der Waals surface area contributed by atoms with Crippen molar-refractivity contribution in [2.75, 3.05) is 0 Å². The van der Waals surface area contributed by atoms with Gasteiger partial charge in [0.05, 0.1) is 6.26 Å². The second-order valence-electron chi connectivity index (χ2n) is 2.33. The molecule has 0 radical (unpaired) electrons. The molecule has 0 rings (SSSR count). The first-order valence-electron chi connectivity index (χ1n) is 4.44. The van der Waals surface area contributed by atoms with Gasteiger partial charge in [-0.15, -0.1) is 0 Å². The molecular weight excluding hydrogens is 260 g/mol. The Morgan fingerprint density at radius 3 is 1.26 bits per heavy atom. The lowest BCUT2D eigenvalue weighted by Gasteiger charge is -1.83. The van der Waals surface area contributed by atoms with Crippen molar-refractivity contribution >= 4 is 23.9 Å². The van der Waals surface area contributed by atoms with Gasteiger partial charge in [0.1, 0.15) is 0 Å². The lowest BCUT2D eigenvalue weighted by molar-refractivity contribution is -0.135. The summed E-state index contributed by atoms with van der Waals surface area (Å²) in [4.78, 5) is 38.1. The van der Waals surface area contributed by atoms with Gasteiger partial charge in [-0.1, -0.05) is 13.2 Å². The van der Waals surface area contributed by atoms with Gasteiger partial charge in [0.2, 0.25) is 0 Å². The van der Waals surface area contributed by atoms with E-state index in [1.54, 1.807) is 0 Å². The topological polar surface area (TPSA) is 138 Å². The van der Waals surface area contributed by atoms with Crippen LogP contribution in [0.1, 0.15) is 6.92 Å². The molecule has 0 aromatic carbocycles. The van der Waals surface area contributed by atoms with Gasteiger partial charge in [-0.3, -0.25) is 4.79 Å². The van der Waals surface area contributed by atoms with Gasteiger partial charge in [0.15, 0.2) is 0 Å². The zero-order chi connectivity index (χ0) is 15.8. The summed E-state index contributed by atoms with van der Waals surface area (Å²) >= 11 is 0. The van der Waals surface area contributed by atoms with Crippen molar-refractivity contribution in [2.45, 2.75) is 6.92 Å². The Kier molecular flexibility index (Phi) is 17.0. The summed E-state index contributed by atoms with van der Waals surface area (Å²) in [5.41, 5.74) is 0. The molecule has 0 unspecified atom stereocenters. The lowest BCUT2D eigenvalue weighted by atomic mass is 10.5. The quantitative estimate of drug-likeness (QED) is 0.386. The van der Waals surface area contributed by atoms with E-state index < -0.39 is 17.9 Å². The molecule has 0 aliphatic heterocycles. The van der Waals surface area contributed by atoms with E-state index in [9.17, 15) is 19.2 Å². The van der Waals surface area contributed by atoms with Gasteiger partial charge in [-0.05, 0) is 0 Å². The van der Waals surface area contributed by atoms with Gasteiger partial charge < -0.3 is 20.1 Å². The Hall–Kier alpha value is -2.90. The smallest absolute Gasteiger partial charge is 0.328 e. The Morgan fingerprint density at radius 1 is 0.895 bits per heavy atom. The Labute approximate surface area is 108 Å². The molecule has 0 saturated heterocycles. The average molecular weight is 274 g/mol. The van der Waals surface area contributed by atoms with Gasteiger partial charge in [-0.2, -0.15) is 0 Å². The SMILES string of the molecule is C=CC(=O)O.C=COC(C)=O.O=C(O)C=CC(=O)O. The molecule has 0 fully saturated rings. The van der Waals surface area contributed by atoms with Crippen LogP contribution in [0.25, 0.3) is 0 Å². The molecule has 0 heterocycles. The number of hydrogen-bond donors (Lipinski definition) is 3. The molecule has 0 saturated carbocycles. The number of rotatable bonds is 4. The number of carboxylic acids is 3. The van der Waals surface area contributed by atoms with Crippen LogP contribution in [0, 0.1) is 0 Å². The molecule has 106 valence electrons. The number of hydrogen-bond acceptors (Lipinski definition) is 5. The van der Waals surface area contributed by atoms with Crippen molar-refractivity contribution < 1.29 is 39.2 Å². The van der Waals surface area contributed by atoms with E-state index in [1.807, 2.05) is 0 Å². The molecule has 0 bridgehead atoms. The lowest BCUT2D eigenvalue weighted by Crippen LogP contribution is -1.91. The molecule has 0 aliphatic carbocycles. The maximum atomic E-state index is 9.75. The van der Waals surface area contributed by atoms with Crippen LogP contribution in [0.15, 0.2) is 37.6 Å². The van der Waals surface area contributed by atoms with Gasteiger partial charge >= 0.3 is 23.9 Å². The highest BCUT2D eigenvalue weighted by molar-refractivity contribution is 5.89. The fourth-order valence-electron chi connectivity index (χ4n) is 0.260. The third-order valence-corrected chi connectivity index (χ3v) is 0.792. The molecule has 8 heteroatoms. The fourth-order valence-corrected chi connectivity index (χ4v) is 0.260. The highest BCUT2D eigenvalue weighted by atomic mass is 16.5. The van der Waals surface area contributed by atoms with Crippen LogP contribution >= 0.6 is 0 Å². The van der Waals surface area contributed by atoms with Crippen molar-refractivity contribution in [3.8, 4) is 0 Å². The van der Waals surface area contributed by atoms with Crippen LogP contribution < -0.4 is 0 Å². The largest absolute Gasteiger partial charge is 0.478 e. The van der Waals surface area contributed by atoms with Crippen LogP contribution in [0.2, 0.25) is 0 Å². The number of carbonyl (C=O) groups excluding carboxylic acids is 1. The van der Waals surface area contributed by atoms with E-state index in [4.69, 9.17) is 15.3 Å². The van der Waals surface area contributed by atoms with Crippen LogP contribution in [0.5, 0.6) is 0 Å². The minimum Gasteiger partial charge on any atom is -0.478 e. The van der Waals surface area contributed by atoms with Crippen molar-refractivity contribution in [1.29, 1.82) is 0 Å².